The lowest BCUT2D eigenvalue weighted by Crippen LogP contribution is -2.00. The predicted molar refractivity (Wildman–Crippen MR) is 59.2 cm³/mol. The third-order valence-electron chi connectivity index (χ3n) is 2.27. The number of pyridine rings is 1. The molecule has 2 aromatic heterocycles. The fourth-order valence-corrected chi connectivity index (χ4v) is 1.96. The zero-order chi connectivity index (χ0) is 11.0. The number of carbonyl (C=O) groups is 1. The molecule has 2 heterocycles. The summed E-state index contributed by atoms with van der Waals surface area (Å²) < 4.78 is 2.45. The number of imidazole rings is 1. The molecule has 0 spiro atoms. The minimum Gasteiger partial charge on any atom is -0.478 e. The predicted octanol–water partition coefficient (Wildman–Crippen LogP) is 2.36. The molecule has 0 amide bonds. The van der Waals surface area contributed by atoms with E-state index in [1.807, 2.05) is 11.3 Å². The number of carboxylic acids is 1. The number of fused-ring (bicyclic) bond motifs is 1. The Morgan fingerprint density at radius 2 is 2.40 bits per heavy atom. The summed E-state index contributed by atoms with van der Waals surface area (Å²) in [5, 5.41) is 8.92. The van der Waals surface area contributed by atoms with Crippen LogP contribution in [0.5, 0.6) is 0 Å². The van der Waals surface area contributed by atoms with Crippen LogP contribution in [-0.4, -0.2) is 20.5 Å². The van der Waals surface area contributed by atoms with Gasteiger partial charge in [0.25, 0.3) is 0 Å². The molecule has 0 saturated carbocycles. The van der Waals surface area contributed by atoms with Gasteiger partial charge < -0.3 is 9.51 Å². The molecule has 0 aromatic carbocycles. The smallest absolute Gasteiger partial charge is 0.337 e. The maximum absolute atomic E-state index is 10.9. The summed E-state index contributed by atoms with van der Waals surface area (Å²) in [4.78, 5) is 15.0. The van der Waals surface area contributed by atoms with Crippen LogP contribution in [0.15, 0.2) is 22.9 Å². The highest BCUT2D eigenvalue weighted by atomic mass is 79.9. The van der Waals surface area contributed by atoms with E-state index < -0.39 is 5.97 Å². The topological polar surface area (TPSA) is 54.6 Å². The van der Waals surface area contributed by atoms with Crippen molar-refractivity contribution in [3.8, 4) is 0 Å². The van der Waals surface area contributed by atoms with Crippen molar-refractivity contribution in [3.63, 3.8) is 0 Å². The molecule has 78 valence electrons. The first-order valence-electron chi connectivity index (χ1n) is 4.52. The molecule has 2 aromatic rings. The van der Waals surface area contributed by atoms with Crippen LogP contribution in [0.25, 0.3) is 5.65 Å². The zero-order valence-electron chi connectivity index (χ0n) is 8.07. The minimum absolute atomic E-state index is 0.232. The van der Waals surface area contributed by atoms with E-state index in [9.17, 15) is 4.79 Å². The second-order valence-electron chi connectivity index (χ2n) is 3.17. The second-order valence-corrected chi connectivity index (χ2v) is 4.03. The number of hydrogen-bond donors (Lipinski definition) is 1. The molecule has 0 aliphatic rings. The number of carboxylic acid groups (broad SMARTS) is 1. The molecule has 0 aliphatic heterocycles. The third-order valence-corrected chi connectivity index (χ3v) is 2.90. The average molecular weight is 269 g/mol. The fraction of sp³-hybridized carbons (Fsp3) is 0.200. The lowest BCUT2D eigenvalue weighted by molar-refractivity contribution is 0.0696. The highest BCUT2D eigenvalue weighted by Gasteiger charge is 2.11. The normalized spacial score (nSPS) is 10.8. The number of nitrogens with zero attached hydrogens (tertiary/aromatic N) is 2. The van der Waals surface area contributed by atoms with E-state index in [0.717, 1.165) is 12.1 Å². The van der Waals surface area contributed by atoms with E-state index in [-0.39, 0.29) is 5.56 Å². The van der Waals surface area contributed by atoms with E-state index in [1.165, 1.54) is 0 Å². The van der Waals surface area contributed by atoms with Crippen molar-refractivity contribution < 1.29 is 9.90 Å². The Morgan fingerprint density at radius 3 is 3.00 bits per heavy atom. The highest BCUT2D eigenvalue weighted by Crippen LogP contribution is 2.20. The van der Waals surface area contributed by atoms with Crippen molar-refractivity contribution in [2.24, 2.45) is 0 Å². The van der Waals surface area contributed by atoms with E-state index in [0.29, 0.717) is 10.1 Å². The van der Waals surface area contributed by atoms with E-state index >= 15 is 0 Å². The van der Waals surface area contributed by atoms with Gasteiger partial charge >= 0.3 is 5.97 Å². The van der Waals surface area contributed by atoms with Gasteiger partial charge in [-0.1, -0.05) is 6.92 Å². The van der Waals surface area contributed by atoms with Gasteiger partial charge in [-0.15, -0.1) is 0 Å². The van der Waals surface area contributed by atoms with Crippen molar-refractivity contribution in [1.29, 1.82) is 0 Å². The number of aryl methyl sites for hydroxylation is 1. The minimum atomic E-state index is -0.953. The van der Waals surface area contributed by atoms with Crippen LogP contribution in [-0.2, 0) is 6.42 Å². The lowest BCUT2D eigenvalue weighted by Gasteiger charge is -2.02. The van der Waals surface area contributed by atoms with Gasteiger partial charge in [0.05, 0.1) is 5.56 Å². The van der Waals surface area contributed by atoms with Crippen LogP contribution in [0.1, 0.15) is 23.0 Å². The number of halogens is 1. The summed E-state index contributed by atoms with van der Waals surface area (Å²) in [5.41, 5.74) is 1.95. The van der Waals surface area contributed by atoms with Crippen LogP contribution in [0.4, 0.5) is 0 Å². The fourth-order valence-electron chi connectivity index (χ4n) is 1.47. The van der Waals surface area contributed by atoms with Crippen molar-refractivity contribution in [2.75, 3.05) is 0 Å². The number of aromatic carboxylic acids is 1. The quantitative estimate of drug-likeness (QED) is 0.910. The van der Waals surface area contributed by atoms with E-state index in [2.05, 4.69) is 20.9 Å². The molecule has 0 atom stereocenters. The van der Waals surface area contributed by atoms with Crippen molar-refractivity contribution in [3.05, 3.63) is 34.2 Å². The molecule has 0 saturated heterocycles. The first-order chi connectivity index (χ1) is 7.13. The monoisotopic (exact) mass is 268 g/mol. The number of hydrogen-bond acceptors (Lipinski definition) is 2. The Labute approximate surface area is 94.7 Å². The summed E-state index contributed by atoms with van der Waals surface area (Å²) in [7, 11) is 0. The second kappa shape index (κ2) is 3.66. The SMILES string of the molecule is CCc1cnc2cc(C(=O)O)c(Br)cn12. The van der Waals surface area contributed by atoms with Gasteiger partial charge in [0, 0.05) is 22.6 Å². The van der Waals surface area contributed by atoms with Crippen LogP contribution < -0.4 is 0 Å². The van der Waals surface area contributed by atoms with Gasteiger partial charge in [0.2, 0.25) is 0 Å². The molecular weight excluding hydrogens is 260 g/mol. The molecule has 2 rings (SSSR count). The van der Waals surface area contributed by atoms with Crippen LogP contribution in [0.3, 0.4) is 0 Å². The summed E-state index contributed by atoms with van der Waals surface area (Å²) in [5.74, 6) is -0.953. The van der Waals surface area contributed by atoms with E-state index in [1.54, 1.807) is 18.5 Å². The Hall–Kier alpha value is -1.36. The molecule has 0 unspecified atom stereocenters. The molecule has 5 heteroatoms. The van der Waals surface area contributed by atoms with Gasteiger partial charge in [-0.05, 0) is 28.4 Å². The standard InChI is InChI=1S/C10H9BrN2O2/c1-2-6-4-12-9-3-7(10(14)15)8(11)5-13(6)9/h3-5H,2H2,1H3,(H,14,15). The summed E-state index contributed by atoms with van der Waals surface area (Å²) in [6.07, 6.45) is 4.36. The number of aromatic nitrogens is 2. The Morgan fingerprint density at radius 1 is 1.67 bits per heavy atom. The van der Waals surface area contributed by atoms with Crippen molar-refractivity contribution in [1.82, 2.24) is 9.38 Å². The van der Waals surface area contributed by atoms with E-state index in [4.69, 9.17) is 5.11 Å². The molecule has 0 aliphatic carbocycles. The molecule has 0 radical (unpaired) electrons. The number of rotatable bonds is 2. The Kier molecular flexibility index (Phi) is 2.48. The molecule has 15 heavy (non-hydrogen) atoms. The Bertz CT molecular complexity index is 533. The summed E-state index contributed by atoms with van der Waals surface area (Å²) >= 11 is 3.24. The maximum atomic E-state index is 10.9. The summed E-state index contributed by atoms with van der Waals surface area (Å²) in [6, 6.07) is 1.56. The third kappa shape index (κ3) is 1.63. The van der Waals surface area contributed by atoms with Gasteiger partial charge in [-0.3, -0.25) is 0 Å². The first kappa shape index (κ1) is 10.2. The van der Waals surface area contributed by atoms with Crippen LogP contribution >= 0.6 is 15.9 Å². The van der Waals surface area contributed by atoms with Gasteiger partial charge in [-0.25, -0.2) is 9.78 Å². The summed E-state index contributed by atoms with van der Waals surface area (Å²) in [6.45, 7) is 2.03. The van der Waals surface area contributed by atoms with Crippen molar-refractivity contribution in [2.45, 2.75) is 13.3 Å². The van der Waals surface area contributed by atoms with Crippen LogP contribution in [0, 0.1) is 0 Å². The largest absolute Gasteiger partial charge is 0.478 e. The molecule has 1 N–H and O–H groups in total. The maximum Gasteiger partial charge on any atom is 0.337 e. The van der Waals surface area contributed by atoms with Gasteiger partial charge in [0.1, 0.15) is 5.65 Å². The molecular formula is C10H9BrN2O2. The van der Waals surface area contributed by atoms with Gasteiger partial charge in [0.15, 0.2) is 0 Å². The van der Waals surface area contributed by atoms with Gasteiger partial charge in [-0.2, -0.15) is 0 Å². The molecule has 0 bridgehead atoms. The van der Waals surface area contributed by atoms with Crippen LogP contribution in [0.2, 0.25) is 0 Å². The lowest BCUT2D eigenvalue weighted by atomic mass is 10.2. The highest BCUT2D eigenvalue weighted by molar-refractivity contribution is 9.10. The van der Waals surface area contributed by atoms with Crippen molar-refractivity contribution >= 4 is 27.5 Å². The average Bonchev–Trinajstić information content (AvgIpc) is 2.58. The first-order valence-corrected chi connectivity index (χ1v) is 5.31. The molecule has 0 fully saturated rings. The Balaban J connectivity index is 2.72. The zero-order valence-corrected chi connectivity index (χ0v) is 9.65. The molecule has 4 nitrogen and oxygen atoms in total.